The maximum atomic E-state index is 2.57. The highest BCUT2D eigenvalue weighted by atomic mass is 15.2. The Hall–Kier alpha value is -0.0400. The first-order valence-corrected chi connectivity index (χ1v) is 5.01. The molecule has 68 valence electrons. The number of hydrogen-bond acceptors (Lipinski definition) is 1. The van der Waals surface area contributed by atoms with Crippen LogP contribution in [0.25, 0.3) is 0 Å². The average Bonchev–Trinajstić information content (AvgIpc) is 1.89. The van der Waals surface area contributed by atoms with Crippen LogP contribution in [-0.2, 0) is 0 Å². The minimum atomic E-state index is 0.767. The Bertz CT molecular complexity index is 86.9. The first-order chi connectivity index (χ1) is 5.25. The van der Waals surface area contributed by atoms with E-state index < -0.39 is 0 Å². The fraction of sp³-hybridized carbons (Fsp3) is 1.00. The van der Waals surface area contributed by atoms with Crippen molar-refractivity contribution in [3.05, 3.63) is 0 Å². The summed E-state index contributed by atoms with van der Waals surface area (Å²) >= 11 is 0. The lowest BCUT2D eigenvalue weighted by Gasteiger charge is -2.43. The molecule has 0 spiro atoms. The van der Waals surface area contributed by atoms with Crippen LogP contribution in [0.2, 0.25) is 0 Å². The molecule has 0 aliphatic carbocycles. The van der Waals surface area contributed by atoms with Gasteiger partial charge in [-0.2, -0.15) is 0 Å². The monoisotopic (exact) mass is 157 g/mol. The Labute approximate surface area is 71.8 Å². The van der Waals surface area contributed by atoms with Crippen LogP contribution in [0.3, 0.4) is 0 Å². The van der Waals surface area contributed by atoms with E-state index in [2.05, 4.69) is 25.7 Å². The van der Waals surface area contributed by atoms with E-state index in [9.17, 15) is 0 Å². The predicted molar refractivity (Wildman–Crippen MR) is 51.9 cm³/mol. The Balaban J connectivity index is 0.000000461. The van der Waals surface area contributed by atoms with Crippen LogP contribution >= 0.6 is 0 Å². The second kappa shape index (κ2) is 5.59. The highest BCUT2D eigenvalue weighted by Gasteiger charge is 2.27. The molecule has 1 fully saturated rings. The molecule has 0 aromatic heterocycles. The normalized spacial score (nSPS) is 24.0. The van der Waals surface area contributed by atoms with Gasteiger partial charge in [-0.3, -0.25) is 4.90 Å². The standard InChI is InChI=1S/C8H17N.C2H6/c1-4-8-5-6-9(8)7(2)3;1-2/h7-8H,4-6H2,1-3H3;1-2H3. The van der Waals surface area contributed by atoms with Crippen molar-refractivity contribution in [2.75, 3.05) is 6.54 Å². The molecule has 0 aromatic rings. The molecule has 1 heterocycles. The molecule has 1 aliphatic heterocycles. The predicted octanol–water partition coefficient (Wildman–Crippen LogP) is 2.91. The van der Waals surface area contributed by atoms with Crippen molar-refractivity contribution in [1.29, 1.82) is 0 Å². The summed E-state index contributed by atoms with van der Waals surface area (Å²) in [6, 6.07) is 1.67. The molecule has 11 heavy (non-hydrogen) atoms. The van der Waals surface area contributed by atoms with Crippen molar-refractivity contribution in [2.24, 2.45) is 0 Å². The molecule has 0 aromatic carbocycles. The van der Waals surface area contributed by atoms with E-state index in [-0.39, 0.29) is 0 Å². The fourth-order valence-electron chi connectivity index (χ4n) is 1.58. The summed E-state index contributed by atoms with van der Waals surface area (Å²) in [4.78, 5) is 2.57. The molecular weight excluding hydrogens is 134 g/mol. The second-order valence-corrected chi connectivity index (χ2v) is 3.18. The van der Waals surface area contributed by atoms with Gasteiger partial charge < -0.3 is 0 Å². The van der Waals surface area contributed by atoms with Crippen LogP contribution in [0.5, 0.6) is 0 Å². The number of rotatable bonds is 2. The molecule has 0 saturated carbocycles. The first-order valence-electron chi connectivity index (χ1n) is 5.01. The van der Waals surface area contributed by atoms with Crippen molar-refractivity contribution < 1.29 is 0 Å². The first kappa shape index (κ1) is 11.0. The molecular formula is C10H23N. The summed E-state index contributed by atoms with van der Waals surface area (Å²) in [5.74, 6) is 0. The van der Waals surface area contributed by atoms with E-state index in [4.69, 9.17) is 0 Å². The van der Waals surface area contributed by atoms with Crippen LogP contribution in [0.15, 0.2) is 0 Å². The summed E-state index contributed by atoms with van der Waals surface area (Å²) in [7, 11) is 0. The van der Waals surface area contributed by atoms with Gasteiger partial charge >= 0.3 is 0 Å². The Morgan fingerprint density at radius 3 is 2.00 bits per heavy atom. The van der Waals surface area contributed by atoms with E-state index >= 15 is 0 Å². The number of hydrogen-bond donors (Lipinski definition) is 0. The zero-order valence-corrected chi connectivity index (χ0v) is 8.72. The third kappa shape index (κ3) is 2.82. The quantitative estimate of drug-likeness (QED) is 0.595. The number of nitrogens with zero attached hydrogens (tertiary/aromatic N) is 1. The minimum Gasteiger partial charge on any atom is -0.298 e. The van der Waals surface area contributed by atoms with Gasteiger partial charge in [0.15, 0.2) is 0 Å². The fourth-order valence-corrected chi connectivity index (χ4v) is 1.58. The highest BCUT2D eigenvalue weighted by Crippen LogP contribution is 2.22. The SMILES string of the molecule is CC.CCC1CCN1C(C)C. The molecule has 1 heteroatoms. The van der Waals surface area contributed by atoms with Gasteiger partial charge in [-0.25, -0.2) is 0 Å². The summed E-state index contributed by atoms with van der Waals surface area (Å²) in [5, 5.41) is 0. The smallest absolute Gasteiger partial charge is 0.0107 e. The zero-order valence-electron chi connectivity index (χ0n) is 8.72. The highest BCUT2D eigenvalue weighted by molar-refractivity contribution is 4.83. The van der Waals surface area contributed by atoms with Gasteiger partial charge in [0.25, 0.3) is 0 Å². The molecule has 0 N–H and O–H groups in total. The van der Waals surface area contributed by atoms with Gasteiger partial charge in [0.1, 0.15) is 0 Å². The van der Waals surface area contributed by atoms with E-state index in [1.54, 1.807) is 0 Å². The zero-order chi connectivity index (χ0) is 8.85. The van der Waals surface area contributed by atoms with Gasteiger partial charge in [0.2, 0.25) is 0 Å². The minimum absolute atomic E-state index is 0.767. The van der Waals surface area contributed by atoms with Crippen LogP contribution in [0.4, 0.5) is 0 Å². The van der Waals surface area contributed by atoms with Crippen molar-refractivity contribution in [3.8, 4) is 0 Å². The summed E-state index contributed by atoms with van der Waals surface area (Å²) in [6.45, 7) is 12.2. The van der Waals surface area contributed by atoms with Crippen LogP contribution in [-0.4, -0.2) is 23.5 Å². The van der Waals surface area contributed by atoms with Crippen LogP contribution < -0.4 is 0 Å². The lowest BCUT2D eigenvalue weighted by molar-refractivity contribution is 0.0542. The van der Waals surface area contributed by atoms with Crippen molar-refractivity contribution in [3.63, 3.8) is 0 Å². The van der Waals surface area contributed by atoms with E-state index in [1.807, 2.05) is 13.8 Å². The Kier molecular flexibility index (Phi) is 5.57. The van der Waals surface area contributed by atoms with Crippen LogP contribution in [0, 0.1) is 0 Å². The van der Waals surface area contributed by atoms with Gasteiger partial charge in [-0.15, -0.1) is 0 Å². The summed E-state index contributed by atoms with van der Waals surface area (Å²) < 4.78 is 0. The maximum absolute atomic E-state index is 2.57. The van der Waals surface area contributed by atoms with Gasteiger partial charge in [-0.05, 0) is 26.7 Å². The third-order valence-electron chi connectivity index (χ3n) is 2.32. The maximum Gasteiger partial charge on any atom is 0.0107 e. The number of likely N-dealkylation sites (tertiary alicyclic amines) is 1. The van der Waals surface area contributed by atoms with Crippen molar-refractivity contribution >= 4 is 0 Å². The van der Waals surface area contributed by atoms with E-state index in [1.165, 1.54) is 19.4 Å². The molecule has 1 atom stereocenters. The van der Waals surface area contributed by atoms with E-state index in [0.717, 1.165) is 12.1 Å². The lowest BCUT2D eigenvalue weighted by Crippen LogP contribution is -2.50. The lowest BCUT2D eigenvalue weighted by atomic mass is 9.98. The van der Waals surface area contributed by atoms with Gasteiger partial charge in [-0.1, -0.05) is 20.8 Å². The van der Waals surface area contributed by atoms with E-state index in [0.29, 0.717) is 0 Å². The molecule has 0 bridgehead atoms. The topological polar surface area (TPSA) is 3.24 Å². The molecule has 0 radical (unpaired) electrons. The average molecular weight is 157 g/mol. The molecule has 1 aliphatic rings. The summed E-state index contributed by atoms with van der Waals surface area (Å²) in [6.07, 6.45) is 2.76. The Morgan fingerprint density at radius 2 is 1.91 bits per heavy atom. The van der Waals surface area contributed by atoms with Gasteiger partial charge in [0.05, 0.1) is 0 Å². The molecule has 1 rings (SSSR count). The summed E-state index contributed by atoms with van der Waals surface area (Å²) in [5.41, 5.74) is 0. The third-order valence-corrected chi connectivity index (χ3v) is 2.32. The molecule has 1 saturated heterocycles. The Morgan fingerprint density at radius 1 is 1.36 bits per heavy atom. The van der Waals surface area contributed by atoms with Gasteiger partial charge in [0, 0.05) is 18.6 Å². The molecule has 0 amide bonds. The largest absolute Gasteiger partial charge is 0.298 e. The molecule has 1 unspecified atom stereocenters. The van der Waals surface area contributed by atoms with Crippen molar-refractivity contribution in [2.45, 2.75) is 59.5 Å². The molecule has 1 nitrogen and oxygen atoms in total. The van der Waals surface area contributed by atoms with Crippen LogP contribution in [0.1, 0.15) is 47.5 Å². The second-order valence-electron chi connectivity index (χ2n) is 3.18. The van der Waals surface area contributed by atoms with Crippen molar-refractivity contribution in [1.82, 2.24) is 4.90 Å².